The molecule has 0 amide bonds. The van der Waals surface area contributed by atoms with Crippen molar-refractivity contribution >= 4 is 0 Å². The molecule has 0 spiro atoms. The molecule has 0 aromatic rings. The molecule has 0 radical (unpaired) electrons. The van der Waals surface area contributed by atoms with E-state index in [0.29, 0.717) is 0 Å². The van der Waals surface area contributed by atoms with E-state index < -0.39 is 0 Å². The Hall–Kier alpha value is -0.0800. The van der Waals surface area contributed by atoms with Crippen molar-refractivity contribution in [3.05, 3.63) is 0 Å². The molecule has 0 aromatic carbocycles. The van der Waals surface area contributed by atoms with Gasteiger partial charge in [0.25, 0.3) is 0 Å². The van der Waals surface area contributed by atoms with Crippen molar-refractivity contribution in [2.75, 3.05) is 19.6 Å². The van der Waals surface area contributed by atoms with Crippen LogP contribution in [0.3, 0.4) is 0 Å². The van der Waals surface area contributed by atoms with E-state index in [1.54, 1.807) is 0 Å². The molecule has 1 saturated carbocycles. The molecule has 1 saturated heterocycles. The zero-order valence-electron chi connectivity index (χ0n) is 11.0. The van der Waals surface area contributed by atoms with Gasteiger partial charge in [-0.05, 0) is 58.7 Å². The molecule has 16 heavy (non-hydrogen) atoms. The fourth-order valence-corrected chi connectivity index (χ4v) is 2.89. The molecule has 2 fully saturated rings. The minimum atomic E-state index is 0.732. The van der Waals surface area contributed by atoms with Crippen LogP contribution in [-0.2, 0) is 0 Å². The number of hydrogen-bond donors (Lipinski definition) is 1. The van der Waals surface area contributed by atoms with Crippen molar-refractivity contribution in [2.24, 2.45) is 5.92 Å². The second kappa shape index (κ2) is 6.02. The lowest BCUT2D eigenvalue weighted by molar-refractivity contribution is 0.159. The first-order chi connectivity index (χ1) is 7.75. The third kappa shape index (κ3) is 3.46. The lowest BCUT2D eigenvalue weighted by Gasteiger charge is -2.35. The van der Waals surface area contributed by atoms with Gasteiger partial charge in [-0.3, -0.25) is 0 Å². The lowest BCUT2D eigenvalue weighted by atomic mass is 9.83. The van der Waals surface area contributed by atoms with Crippen LogP contribution >= 0.6 is 0 Å². The monoisotopic (exact) mass is 224 g/mol. The Morgan fingerprint density at radius 1 is 1.12 bits per heavy atom. The minimum Gasteiger partial charge on any atom is -0.314 e. The van der Waals surface area contributed by atoms with E-state index in [1.165, 1.54) is 58.2 Å². The van der Waals surface area contributed by atoms with Gasteiger partial charge in [0, 0.05) is 12.1 Å². The Morgan fingerprint density at radius 3 is 2.31 bits per heavy atom. The second-order valence-corrected chi connectivity index (χ2v) is 5.94. The number of nitrogens with one attached hydrogen (secondary N) is 1. The lowest BCUT2D eigenvalue weighted by Crippen LogP contribution is -2.45. The predicted molar refractivity (Wildman–Crippen MR) is 69.7 cm³/mol. The van der Waals surface area contributed by atoms with Gasteiger partial charge in [0.2, 0.25) is 0 Å². The normalized spacial score (nSPS) is 24.9. The molecule has 0 bridgehead atoms. The molecule has 0 atom stereocenters. The van der Waals surface area contributed by atoms with Crippen molar-refractivity contribution < 1.29 is 0 Å². The Bertz CT molecular complexity index is 191. The van der Waals surface area contributed by atoms with Crippen molar-refractivity contribution in [1.29, 1.82) is 0 Å². The average molecular weight is 224 g/mol. The second-order valence-electron chi connectivity index (χ2n) is 5.94. The van der Waals surface area contributed by atoms with Crippen LogP contribution in [0.25, 0.3) is 0 Å². The van der Waals surface area contributed by atoms with Gasteiger partial charge in [-0.2, -0.15) is 0 Å². The van der Waals surface area contributed by atoms with Gasteiger partial charge in [0.1, 0.15) is 0 Å². The van der Waals surface area contributed by atoms with Crippen LogP contribution in [0, 0.1) is 5.92 Å². The van der Waals surface area contributed by atoms with E-state index in [1.807, 2.05) is 0 Å². The zero-order chi connectivity index (χ0) is 11.4. The Balaban J connectivity index is 1.54. The first-order valence-corrected chi connectivity index (χ1v) is 7.23. The predicted octanol–water partition coefficient (Wildman–Crippen LogP) is 2.64. The third-order valence-electron chi connectivity index (χ3n) is 4.47. The number of likely N-dealkylation sites (tertiary alicyclic amines) is 1. The van der Waals surface area contributed by atoms with E-state index in [4.69, 9.17) is 0 Å². The fraction of sp³-hybridized carbons (Fsp3) is 1.00. The first-order valence-electron chi connectivity index (χ1n) is 7.23. The van der Waals surface area contributed by atoms with Crippen LogP contribution < -0.4 is 5.32 Å². The van der Waals surface area contributed by atoms with Gasteiger partial charge < -0.3 is 10.2 Å². The molecule has 1 heterocycles. The summed E-state index contributed by atoms with van der Waals surface area (Å²) in [6, 6.07) is 1.53. The van der Waals surface area contributed by atoms with E-state index in [0.717, 1.165) is 18.0 Å². The molecule has 2 heteroatoms. The van der Waals surface area contributed by atoms with Gasteiger partial charge >= 0.3 is 0 Å². The molecule has 0 aromatic heterocycles. The van der Waals surface area contributed by atoms with Crippen LogP contribution in [0.4, 0.5) is 0 Å². The summed E-state index contributed by atoms with van der Waals surface area (Å²) in [5.41, 5.74) is 0. The topological polar surface area (TPSA) is 15.3 Å². The van der Waals surface area contributed by atoms with Gasteiger partial charge in [-0.1, -0.05) is 19.3 Å². The number of piperidine rings is 1. The average Bonchev–Trinajstić information content (AvgIpc) is 2.22. The SMILES string of the molecule is CC(C)N1CCC(NCCC2CCC2)CC1. The van der Waals surface area contributed by atoms with Crippen LogP contribution in [0.5, 0.6) is 0 Å². The maximum absolute atomic E-state index is 3.75. The highest BCUT2D eigenvalue weighted by Gasteiger charge is 2.21. The van der Waals surface area contributed by atoms with E-state index >= 15 is 0 Å². The Morgan fingerprint density at radius 2 is 1.81 bits per heavy atom. The highest BCUT2D eigenvalue weighted by atomic mass is 15.2. The van der Waals surface area contributed by atoms with Gasteiger partial charge in [-0.25, -0.2) is 0 Å². The van der Waals surface area contributed by atoms with Crippen molar-refractivity contribution in [3.63, 3.8) is 0 Å². The Kier molecular flexibility index (Phi) is 4.66. The smallest absolute Gasteiger partial charge is 0.00914 e. The van der Waals surface area contributed by atoms with Gasteiger partial charge in [-0.15, -0.1) is 0 Å². The molecule has 0 unspecified atom stereocenters. The summed E-state index contributed by atoms with van der Waals surface area (Å²) in [5.74, 6) is 1.06. The number of rotatable bonds is 5. The molecule has 2 aliphatic rings. The molecule has 1 N–H and O–H groups in total. The summed E-state index contributed by atoms with van der Waals surface area (Å²) in [6.45, 7) is 8.46. The van der Waals surface area contributed by atoms with E-state index in [2.05, 4.69) is 24.1 Å². The number of hydrogen-bond acceptors (Lipinski definition) is 2. The fourth-order valence-electron chi connectivity index (χ4n) is 2.89. The molecule has 1 aliphatic heterocycles. The Labute approximate surface area is 101 Å². The maximum atomic E-state index is 3.75. The molecular formula is C14H28N2. The highest BCUT2D eigenvalue weighted by Crippen LogP contribution is 2.28. The standard InChI is InChI=1S/C14H28N2/c1-12(2)16-10-7-14(8-11-16)15-9-6-13-4-3-5-13/h12-15H,3-11H2,1-2H3. The summed E-state index contributed by atoms with van der Waals surface area (Å²) in [4.78, 5) is 2.60. The quantitative estimate of drug-likeness (QED) is 0.772. The van der Waals surface area contributed by atoms with Gasteiger partial charge in [0.05, 0.1) is 0 Å². The van der Waals surface area contributed by atoms with E-state index in [-0.39, 0.29) is 0 Å². The zero-order valence-corrected chi connectivity index (χ0v) is 11.0. The molecule has 1 aliphatic carbocycles. The maximum Gasteiger partial charge on any atom is 0.00914 e. The van der Waals surface area contributed by atoms with Crippen molar-refractivity contribution in [1.82, 2.24) is 10.2 Å². The number of nitrogens with zero attached hydrogens (tertiary/aromatic N) is 1. The largest absolute Gasteiger partial charge is 0.314 e. The highest BCUT2D eigenvalue weighted by molar-refractivity contribution is 4.79. The van der Waals surface area contributed by atoms with Crippen LogP contribution in [-0.4, -0.2) is 36.6 Å². The molecule has 2 nitrogen and oxygen atoms in total. The van der Waals surface area contributed by atoms with E-state index in [9.17, 15) is 0 Å². The summed E-state index contributed by atoms with van der Waals surface area (Å²) in [7, 11) is 0. The van der Waals surface area contributed by atoms with Crippen molar-refractivity contribution in [2.45, 2.75) is 64.5 Å². The van der Waals surface area contributed by atoms with Crippen LogP contribution in [0.1, 0.15) is 52.4 Å². The van der Waals surface area contributed by atoms with Crippen LogP contribution in [0.2, 0.25) is 0 Å². The summed E-state index contributed by atoms with van der Waals surface area (Å²) < 4.78 is 0. The molecular weight excluding hydrogens is 196 g/mol. The van der Waals surface area contributed by atoms with Gasteiger partial charge in [0.15, 0.2) is 0 Å². The molecule has 2 rings (SSSR count). The third-order valence-corrected chi connectivity index (χ3v) is 4.47. The summed E-state index contributed by atoms with van der Waals surface area (Å²) >= 11 is 0. The van der Waals surface area contributed by atoms with Crippen LogP contribution in [0.15, 0.2) is 0 Å². The first kappa shape index (κ1) is 12.4. The van der Waals surface area contributed by atoms with Crippen molar-refractivity contribution in [3.8, 4) is 0 Å². The molecule has 94 valence electrons. The summed E-state index contributed by atoms with van der Waals surface area (Å²) in [5, 5.41) is 3.75. The minimum absolute atomic E-state index is 0.732. The summed E-state index contributed by atoms with van der Waals surface area (Å²) in [6.07, 6.45) is 8.59.